The van der Waals surface area contributed by atoms with Crippen molar-refractivity contribution >= 4 is 17.2 Å². The third-order valence-corrected chi connectivity index (χ3v) is 3.94. The number of carbonyl (C=O) groups is 1. The zero-order valence-corrected chi connectivity index (χ0v) is 12.7. The molecule has 0 radical (unpaired) electrons. The largest absolute Gasteiger partial charge is 0.384 e. The molecule has 0 aliphatic rings. The number of thiophene rings is 1. The Hall–Kier alpha value is -2.09. The standard InChI is InChI=1S/C17H17NO2S/c1-13-5-2-3-6-14(13)8-9-18-17(20)15-11-16(21-12-15)7-4-10-19/h2-3,5-6,11-12,19H,8-10H2,1H3,(H,18,20). The van der Waals surface area contributed by atoms with Crippen molar-refractivity contribution in [1.29, 1.82) is 0 Å². The molecular weight excluding hydrogens is 282 g/mol. The molecule has 4 heteroatoms. The molecule has 1 amide bonds. The van der Waals surface area contributed by atoms with Crippen molar-refractivity contribution in [1.82, 2.24) is 5.32 Å². The van der Waals surface area contributed by atoms with Crippen LogP contribution in [0.1, 0.15) is 26.4 Å². The Morgan fingerprint density at radius 1 is 1.38 bits per heavy atom. The topological polar surface area (TPSA) is 49.3 Å². The predicted molar refractivity (Wildman–Crippen MR) is 85.5 cm³/mol. The molecule has 0 atom stereocenters. The first-order chi connectivity index (χ1) is 10.2. The Labute approximate surface area is 128 Å². The molecule has 0 saturated heterocycles. The van der Waals surface area contributed by atoms with Crippen LogP contribution in [0, 0.1) is 18.8 Å². The number of nitrogens with one attached hydrogen (secondary N) is 1. The Morgan fingerprint density at radius 2 is 2.19 bits per heavy atom. The second-order valence-corrected chi connectivity index (χ2v) is 5.50. The molecule has 0 bridgehead atoms. The van der Waals surface area contributed by atoms with Crippen molar-refractivity contribution in [2.75, 3.05) is 13.2 Å². The summed E-state index contributed by atoms with van der Waals surface area (Å²) < 4.78 is 0. The van der Waals surface area contributed by atoms with Crippen molar-refractivity contribution in [2.24, 2.45) is 0 Å². The van der Waals surface area contributed by atoms with Crippen LogP contribution >= 0.6 is 11.3 Å². The van der Waals surface area contributed by atoms with Gasteiger partial charge in [-0.05, 0) is 30.5 Å². The van der Waals surface area contributed by atoms with Crippen molar-refractivity contribution in [2.45, 2.75) is 13.3 Å². The monoisotopic (exact) mass is 299 g/mol. The van der Waals surface area contributed by atoms with E-state index in [0.29, 0.717) is 12.1 Å². The third kappa shape index (κ3) is 4.45. The van der Waals surface area contributed by atoms with Crippen LogP contribution in [0.15, 0.2) is 35.7 Å². The van der Waals surface area contributed by atoms with Crippen LogP contribution in [-0.4, -0.2) is 24.2 Å². The molecule has 0 aliphatic carbocycles. The van der Waals surface area contributed by atoms with Gasteiger partial charge in [0, 0.05) is 11.9 Å². The highest BCUT2D eigenvalue weighted by atomic mass is 32.1. The Morgan fingerprint density at radius 3 is 2.95 bits per heavy atom. The summed E-state index contributed by atoms with van der Waals surface area (Å²) in [6, 6.07) is 9.92. The smallest absolute Gasteiger partial charge is 0.252 e. The van der Waals surface area contributed by atoms with Crippen LogP contribution in [0.4, 0.5) is 0 Å². The summed E-state index contributed by atoms with van der Waals surface area (Å²) >= 11 is 1.40. The lowest BCUT2D eigenvalue weighted by molar-refractivity contribution is 0.0954. The van der Waals surface area contributed by atoms with Gasteiger partial charge in [-0.2, -0.15) is 0 Å². The SMILES string of the molecule is Cc1ccccc1CCNC(=O)c1csc(C#CCO)c1. The van der Waals surface area contributed by atoms with Gasteiger partial charge in [-0.15, -0.1) is 11.3 Å². The molecule has 0 unspecified atom stereocenters. The summed E-state index contributed by atoms with van der Waals surface area (Å²) in [7, 11) is 0. The molecule has 3 nitrogen and oxygen atoms in total. The summed E-state index contributed by atoms with van der Waals surface area (Å²) in [5, 5.41) is 13.3. The van der Waals surface area contributed by atoms with Gasteiger partial charge in [0.1, 0.15) is 6.61 Å². The highest BCUT2D eigenvalue weighted by Gasteiger charge is 2.07. The van der Waals surface area contributed by atoms with Crippen LogP contribution in [0.5, 0.6) is 0 Å². The summed E-state index contributed by atoms with van der Waals surface area (Å²) in [6.07, 6.45) is 0.819. The third-order valence-electron chi connectivity index (χ3n) is 3.09. The molecule has 1 aromatic heterocycles. The first-order valence-corrected chi connectivity index (χ1v) is 7.59. The number of benzene rings is 1. The van der Waals surface area contributed by atoms with Gasteiger partial charge in [-0.25, -0.2) is 0 Å². The van der Waals surface area contributed by atoms with E-state index in [1.165, 1.54) is 22.5 Å². The molecule has 0 spiro atoms. The van der Waals surface area contributed by atoms with Gasteiger partial charge < -0.3 is 10.4 Å². The second kappa shape index (κ2) is 7.63. The fourth-order valence-electron chi connectivity index (χ4n) is 1.95. The fourth-order valence-corrected chi connectivity index (χ4v) is 2.71. The lowest BCUT2D eigenvalue weighted by Crippen LogP contribution is -2.25. The van der Waals surface area contributed by atoms with Crippen LogP contribution in [0.3, 0.4) is 0 Å². The zero-order valence-electron chi connectivity index (χ0n) is 11.8. The van der Waals surface area contributed by atoms with Gasteiger partial charge in [-0.3, -0.25) is 4.79 Å². The summed E-state index contributed by atoms with van der Waals surface area (Å²) in [4.78, 5) is 12.8. The van der Waals surface area contributed by atoms with Gasteiger partial charge in [0.2, 0.25) is 0 Å². The van der Waals surface area contributed by atoms with Gasteiger partial charge in [-0.1, -0.05) is 36.1 Å². The molecule has 1 aromatic carbocycles. The van der Waals surface area contributed by atoms with Gasteiger partial charge in [0.15, 0.2) is 0 Å². The molecule has 2 aromatic rings. The van der Waals surface area contributed by atoms with Crippen LogP contribution in [0.25, 0.3) is 0 Å². The maximum atomic E-state index is 12.0. The van der Waals surface area contributed by atoms with E-state index in [-0.39, 0.29) is 12.5 Å². The lowest BCUT2D eigenvalue weighted by atomic mass is 10.1. The molecule has 0 aliphatic heterocycles. The maximum absolute atomic E-state index is 12.0. The van der Waals surface area contributed by atoms with Gasteiger partial charge in [0.05, 0.1) is 10.4 Å². The molecule has 21 heavy (non-hydrogen) atoms. The number of aliphatic hydroxyl groups excluding tert-OH is 1. The Bertz CT molecular complexity index is 679. The fraction of sp³-hybridized carbons (Fsp3) is 0.235. The maximum Gasteiger partial charge on any atom is 0.252 e. The molecule has 2 rings (SSSR count). The first-order valence-electron chi connectivity index (χ1n) is 6.71. The lowest BCUT2D eigenvalue weighted by Gasteiger charge is -2.06. The normalized spacial score (nSPS) is 9.81. The van der Waals surface area contributed by atoms with E-state index in [2.05, 4.69) is 36.2 Å². The van der Waals surface area contributed by atoms with E-state index in [1.54, 1.807) is 11.4 Å². The molecule has 1 heterocycles. The number of carbonyl (C=O) groups excluding carboxylic acids is 1. The number of hydrogen-bond acceptors (Lipinski definition) is 3. The Balaban J connectivity index is 1.87. The molecule has 0 fully saturated rings. The van der Waals surface area contributed by atoms with E-state index >= 15 is 0 Å². The van der Waals surface area contributed by atoms with E-state index in [0.717, 1.165) is 11.3 Å². The number of hydrogen-bond donors (Lipinski definition) is 2. The van der Waals surface area contributed by atoms with Crippen LogP contribution in [-0.2, 0) is 6.42 Å². The Kier molecular flexibility index (Phi) is 5.56. The van der Waals surface area contributed by atoms with Crippen molar-refractivity contribution < 1.29 is 9.90 Å². The number of aliphatic hydroxyl groups is 1. The molecule has 108 valence electrons. The minimum atomic E-state index is -0.171. The summed E-state index contributed by atoms with van der Waals surface area (Å²) in [5.41, 5.74) is 3.11. The first kappa shape index (κ1) is 15.3. The van der Waals surface area contributed by atoms with Crippen molar-refractivity contribution in [3.63, 3.8) is 0 Å². The molecular formula is C17H17NO2S. The minimum absolute atomic E-state index is 0.0862. The highest BCUT2D eigenvalue weighted by Crippen LogP contribution is 2.13. The quantitative estimate of drug-likeness (QED) is 0.852. The predicted octanol–water partition coefficient (Wildman–Crippen LogP) is 2.37. The average Bonchev–Trinajstić information content (AvgIpc) is 2.96. The summed E-state index contributed by atoms with van der Waals surface area (Å²) in [6.45, 7) is 2.51. The molecule has 0 saturated carbocycles. The van der Waals surface area contributed by atoms with E-state index in [1.807, 2.05) is 12.1 Å². The number of aryl methyl sites for hydroxylation is 1. The molecule has 2 N–H and O–H groups in total. The summed E-state index contributed by atoms with van der Waals surface area (Å²) in [5.74, 6) is 5.28. The van der Waals surface area contributed by atoms with E-state index < -0.39 is 0 Å². The number of rotatable bonds is 4. The minimum Gasteiger partial charge on any atom is -0.384 e. The van der Waals surface area contributed by atoms with Crippen LogP contribution < -0.4 is 5.32 Å². The van der Waals surface area contributed by atoms with Gasteiger partial charge >= 0.3 is 0 Å². The number of amides is 1. The van der Waals surface area contributed by atoms with E-state index in [4.69, 9.17) is 5.11 Å². The zero-order chi connectivity index (χ0) is 15.1. The van der Waals surface area contributed by atoms with Crippen LogP contribution in [0.2, 0.25) is 0 Å². The van der Waals surface area contributed by atoms with Crippen molar-refractivity contribution in [3.05, 3.63) is 57.3 Å². The highest BCUT2D eigenvalue weighted by molar-refractivity contribution is 7.10. The van der Waals surface area contributed by atoms with Gasteiger partial charge in [0.25, 0.3) is 5.91 Å². The average molecular weight is 299 g/mol. The van der Waals surface area contributed by atoms with Crippen molar-refractivity contribution in [3.8, 4) is 11.8 Å². The van der Waals surface area contributed by atoms with E-state index in [9.17, 15) is 4.79 Å². The second-order valence-electron chi connectivity index (χ2n) is 4.59.